The lowest BCUT2D eigenvalue weighted by atomic mass is 10.1. The van der Waals surface area contributed by atoms with Crippen LogP contribution in [-0.4, -0.2) is 56.8 Å². The molecule has 0 saturated carbocycles. The molecule has 34 heavy (non-hydrogen) atoms. The number of carbonyl (C=O) groups is 1. The number of phenols is 1. The number of carbonyl (C=O) groups excluding carboxylic acids is 1. The van der Waals surface area contributed by atoms with Crippen molar-refractivity contribution in [2.24, 2.45) is 12.1 Å². The standard InChI is InChI=1S/C19H21N11O3S/c1-3-4-13(11-5-7-12(31)8-6-11)22-24-18(32)15-14(9-34-19-25-21-10-29(19)2)30(28-23-15)17-16(20)26-33-27-17/h5-8,10,31H,3-4,9H2,1-2H3,(H2,20,26)(H,24,32)/b22-13+. The fraction of sp³-hybridized carbons (Fsp3) is 0.263. The number of hydrogen-bond acceptors (Lipinski definition) is 12. The molecule has 0 aliphatic carbocycles. The Balaban J connectivity index is 1.63. The molecule has 3 heterocycles. The van der Waals surface area contributed by atoms with Crippen LogP contribution in [-0.2, 0) is 12.8 Å². The summed E-state index contributed by atoms with van der Waals surface area (Å²) in [4.78, 5) is 13.0. The minimum atomic E-state index is -0.567. The Bertz CT molecular complexity index is 1310. The number of aromatic hydroxyl groups is 1. The Hall–Kier alpha value is -4.27. The smallest absolute Gasteiger partial charge is 0.293 e. The van der Waals surface area contributed by atoms with Crippen molar-refractivity contribution in [2.45, 2.75) is 30.7 Å². The van der Waals surface area contributed by atoms with Gasteiger partial charge in [-0.25, -0.2) is 10.1 Å². The highest BCUT2D eigenvalue weighted by Crippen LogP contribution is 2.24. The van der Waals surface area contributed by atoms with Crippen molar-refractivity contribution < 1.29 is 14.5 Å². The Kier molecular flexibility index (Phi) is 6.82. The normalized spacial score (nSPS) is 11.6. The van der Waals surface area contributed by atoms with Crippen molar-refractivity contribution in [3.63, 3.8) is 0 Å². The van der Waals surface area contributed by atoms with E-state index in [9.17, 15) is 9.90 Å². The number of nitrogens with zero attached hydrogens (tertiary/aromatic N) is 9. The van der Waals surface area contributed by atoms with Gasteiger partial charge in [0.1, 0.15) is 12.1 Å². The van der Waals surface area contributed by atoms with Crippen LogP contribution in [0.4, 0.5) is 5.82 Å². The summed E-state index contributed by atoms with van der Waals surface area (Å²) in [6.45, 7) is 2.00. The van der Waals surface area contributed by atoms with E-state index in [0.29, 0.717) is 23.0 Å². The Morgan fingerprint density at radius 1 is 1.26 bits per heavy atom. The molecule has 0 fully saturated rings. The molecule has 1 aromatic carbocycles. The number of amides is 1. The van der Waals surface area contributed by atoms with Gasteiger partial charge in [-0.1, -0.05) is 30.3 Å². The summed E-state index contributed by atoms with van der Waals surface area (Å²) in [7, 11) is 1.80. The zero-order chi connectivity index (χ0) is 24.1. The second kappa shape index (κ2) is 10.1. The number of rotatable bonds is 9. The number of phenolic OH excluding ortho intramolecular Hbond substituents is 1. The van der Waals surface area contributed by atoms with E-state index in [1.54, 1.807) is 42.2 Å². The number of aromatic nitrogens is 8. The van der Waals surface area contributed by atoms with Crippen molar-refractivity contribution in [2.75, 3.05) is 5.73 Å². The third-order valence-corrected chi connectivity index (χ3v) is 5.71. The summed E-state index contributed by atoms with van der Waals surface area (Å²) in [5, 5.41) is 37.7. The van der Waals surface area contributed by atoms with Gasteiger partial charge in [0.05, 0.1) is 11.4 Å². The zero-order valence-corrected chi connectivity index (χ0v) is 19.1. The zero-order valence-electron chi connectivity index (χ0n) is 18.3. The number of nitrogens with two attached hydrogens (primary N) is 1. The van der Waals surface area contributed by atoms with Crippen molar-refractivity contribution in [3.8, 4) is 11.6 Å². The molecule has 0 radical (unpaired) electrons. The monoisotopic (exact) mass is 483 g/mol. The summed E-state index contributed by atoms with van der Waals surface area (Å²) in [5.41, 5.74) is 10.2. The van der Waals surface area contributed by atoms with Gasteiger partial charge in [0, 0.05) is 12.8 Å². The van der Waals surface area contributed by atoms with Gasteiger partial charge in [-0.3, -0.25) is 4.79 Å². The Morgan fingerprint density at radius 2 is 2.06 bits per heavy atom. The molecule has 15 heteroatoms. The lowest BCUT2D eigenvalue weighted by Gasteiger charge is -2.07. The van der Waals surface area contributed by atoms with Crippen molar-refractivity contribution in [1.82, 2.24) is 45.5 Å². The molecule has 4 N–H and O–H groups in total. The maximum Gasteiger partial charge on any atom is 0.293 e. The first-order chi connectivity index (χ1) is 16.5. The molecule has 0 bridgehead atoms. The minimum absolute atomic E-state index is 0.00245. The Morgan fingerprint density at radius 3 is 2.71 bits per heavy atom. The van der Waals surface area contributed by atoms with E-state index in [2.05, 4.69) is 46.0 Å². The first-order valence-electron chi connectivity index (χ1n) is 10.1. The first kappa shape index (κ1) is 22.9. The van der Waals surface area contributed by atoms with Crippen LogP contribution < -0.4 is 11.2 Å². The van der Waals surface area contributed by atoms with Crippen LogP contribution in [0.1, 0.15) is 41.5 Å². The van der Waals surface area contributed by atoms with Crippen LogP contribution in [0.2, 0.25) is 0 Å². The van der Waals surface area contributed by atoms with E-state index >= 15 is 0 Å². The van der Waals surface area contributed by atoms with Crippen molar-refractivity contribution in [1.29, 1.82) is 0 Å². The Labute approximate surface area is 197 Å². The quantitative estimate of drug-likeness (QED) is 0.177. The van der Waals surface area contributed by atoms with Gasteiger partial charge in [-0.15, -0.1) is 15.3 Å². The largest absolute Gasteiger partial charge is 0.508 e. The van der Waals surface area contributed by atoms with Gasteiger partial charge < -0.3 is 15.4 Å². The highest BCUT2D eigenvalue weighted by molar-refractivity contribution is 7.98. The maximum absolute atomic E-state index is 13.0. The summed E-state index contributed by atoms with van der Waals surface area (Å²) in [6, 6.07) is 6.59. The topological polar surface area (TPSA) is 188 Å². The molecule has 0 spiro atoms. The average Bonchev–Trinajstić information content (AvgIpc) is 3.55. The first-order valence-corrected chi connectivity index (χ1v) is 11.1. The average molecular weight is 484 g/mol. The number of nitrogen functional groups attached to an aromatic ring is 1. The molecule has 176 valence electrons. The van der Waals surface area contributed by atoms with E-state index in [4.69, 9.17) is 5.73 Å². The molecule has 0 saturated heterocycles. The molecule has 4 aromatic rings. The van der Waals surface area contributed by atoms with Gasteiger partial charge in [0.25, 0.3) is 5.91 Å². The van der Waals surface area contributed by atoms with Crippen molar-refractivity contribution in [3.05, 3.63) is 47.5 Å². The third-order valence-electron chi connectivity index (χ3n) is 4.66. The van der Waals surface area contributed by atoms with Crippen LogP contribution in [0.5, 0.6) is 5.75 Å². The highest BCUT2D eigenvalue weighted by Gasteiger charge is 2.24. The fourth-order valence-corrected chi connectivity index (χ4v) is 3.86. The summed E-state index contributed by atoms with van der Waals surface area (Å²) < 4.78 is 7.70. The molecule has 1 amide bonds. The van der Waals surface area contributed by atoms with E-state index in [1.165, 1.54) is 16.4 Å². The minimum Gasteiger partial charge on any atom is -0.508 e. The lowest BCUT2D eigenvalue weighted by molar-refractivity contribution is 0.0949. The van der Waals surface area contributed by atoms with Gasteiger partial charge in [0.2, 0.25) is 11.6 Å². The second-order valence-electron chi connectivity index (χ2n) is 7.08. The van der Waals surface area contributed by atoms with Gasteiger partial charge in [-0.2, -0.15) is 9.78 Å². The molecule has 0 aliphatic heterocycles. The van der Waals surface area contributed by atoms with E-state index in [-0.39, 0.29) is 28.8 Å². The van der Waals surface area contributed by atoms with Crippen LogP contribution in [0.25, 0.3) is 5.82 Å². The number of thioether (sulfide) groups is 1. The fourth-order valence-electron chi connectivity index (χ4n) is 2.98. The lowest BCUT2D eigenvalue weighted by Crippen LogP contribution is -2.22. The number of anilines is 1. The molecule has 0 atom stereocenters. The summed E-state index contributed by atoms with van der Waals surface area (Å²) >= 11 is 1.32. The molecule has 0 unspecified atom stereocenters. The molecule has 14 nitrogen and oxygen atoms in total. The SMILES string of the molecule is CCC/C(=N\NC(=O)c1nnn(-c2nonc2N)c1CSc1nncn1C)c1ccc(O)cc1. The van der Waals surface area contributed by atoms with Crippen LogP contribution >= 0.6 is 11.8 Å². The molecule has 0 aliphatic rings. The number of nitrogens with one attached hydrogen (secondary N) is 1. The predicted octanol–water partition coefficient (Wildman–Crippen LogP) is 1.29. The second-order valence-corrected chi connectivity index (χ2v) is 8.02. The maximum atomic E-state index is 13.0. The predicted molar refractivity (Wildman–Crippen MR) is 121 cm³/mol. The van der Waals surface area contributed by atoms with Crippen LogP contribution in [0.3, 0.4) is 0 Å². The molecular formula is C19H21N11O3S. The number of aryl methyl sites for hydroxylation is 1. The number of benzene rings is 1. The van der Waals surface area contributed by atoms with E-state index in [0.717, 1.165) is 12.0 Å². The number of hydrazone groups is 1. The van der Waals surface area contributed by atoms with Gasteiger partial charge >= 0.3 is 0 Å². The van der Waals surface area contributed by atoms with Crippen molar-refractivity contribution >= 4 is 29.2 Å². The number of hydrogen-bond donors (Lipinski definition) is 3. The molecule has 4 rings (SSSR count). The van der Waals surface area contributed by atoms with E-state index < -0.39 is 5.91 Å². The molecule has 3 aromatic heterocycles. The van der Waals surface area contributed by atoms with Crippen LogP contribution in [0.15, 0.2) is 45.5 Å². The van der Waals surface area contributed by atoms with Gasteiger partial charge in [-0.05, 0) is 46.6 Å². The summed E-state index contributed by atoms with van der Waals surface area (Å²) in [6.07, 6.45) is 3.00. The van der Waals surface area contributed by atoms with E-state index in [1.807, 2.05) is 6.92 Å². The highest BCUT2D eigenvalue weighted by atomic mass is 32.2. The van der Waals surface area contributed by atoms with Gasteiger partial charge in [0.15, 0.2) is 10.9 Å². The van der Waals surface area contributed by atoms with Crippen LogP contribution in [0, 0.1) is 0 Å². The molecular weight excluding hydrogens is 462 g/mol. The third kappa shape index (κ3) is 4.88. The summed E-state index contributed by atoms with van der Waals surface area (Å²) in [5.74, 6) is -0.0659.